The van der Waals surface area contributed by atoms with Gasteiger partial charge in [-0.2, -0.15) is 0 Å². The first-order chi connectivity index (χ1) is 19.9. The van der Waals surface area contributed by atoms with Gasteiger partial charge in [0.25, 0.3) is 26.0 Å². The smallest absolute Gasteiger partial charge is 0.264 e. The van der Waals surface area contributed by atoms with Crippen LogP contribution in [0.1, 0.15) is 17.3 Å². The van der Waals surface area contributed by atoms with E-state index in [0.29, 0.717) is 5.69 Å². The van der Waals surface area contributed by atoms with Crippen molar-refractivity contribution in [2.24, 2.45) is 0 Å². The third kappa shape index (κ3) is 6.20. The molecule has 42 heavy (non-hydrogen) atoms. The molecule has 0 bridgehead atoms. The Hall–Kier alpha value is -4.13. The number of halogens is 2. The van der Waals surface area contributed by atoms with Crippen molar-refractivity contribution in [2.75, 3.05) is 34.6 Å². The summed E-state index contributed by atoms with van der Waals surface area (Å²) in [5.41, 5.74) is 0.522. The van der Waals surface area contributed by atoms with E-state index < -0.39 is 31.8 Å². The van der Waals surface area contributed by atoms with E-state index in [1.807, 2.05) is 0 Å². The van der Waals surface area contributed by atoms with Crippen LogP contribution in [-0.4, -0.2) is 43.4 Å². The van der Waals surface area contributed by atoms with E-state index in [9.17, 15) is 26.0 Å². The first kappa shape index (κ1) is 30.8. The molecule has 0 radical (unpaired) electrons. The van der Waals surface area contributed by atoms with Gasteiger partial charge in [0.15, 0.2) is 0 Å². The molecule has 4 aromatic rings. The molecule has 0 aliphatic carbocycles. The molecule has 0 saturated carbocycles. The zero-order valence-electron chi connectivity index (χ0n) is 22.8. The number of ether oxygens (including phenoxy) is 1. The number of hydrogen-bond donors (Lipinski definition) is 1. The fraction of sp³-hybridized carbons (Fsp3) is 0.138. The molecule has 0 atom stereocenters. The van der Waals surface area contributed by atoms with Gasteiger partial charge in [-0.25, -0.2) is 21.2 Å². The SMILES string of the molecule is CCN(c1ccccc1)S(=O)(=O)c1ccc(OC)c(NC(=O)c2cc(S(=O)(=O)N(C)c3ccc(F)cc3)ccc2Cl)c1. The Kier molecular flexibility index (Phi) is 9.09. The first-order valence-electron chi connectivity index (χ1n) is 12.5. The Morgan fingerprint density at radius 1 is 0.857 bits per heavy atom. The second kappa shape index (κ2) is 12.4. The van der Waals surface area contributed by atoms with Gasteiger partial charge in [0.1, 0.15) is 11.6 Å². The highest BCUT2D eigenvalue weighted by Gasteiger charge is 2.27. The van der Waals surface area contributed by atoms with Crippen LogP contribution < -0.4 is 18.7 Å². The summed E-state index contributed by atoms with van der Waals surface area (Å²) in [6.45, 7) is 1.86. The van der Waals surface area contributed by atoms with Gasteiger partial charge in [0, 0.05) is 13.6 Å². The summed E-state index contributed by atoms with van der Waals surface area (Å²) in [5, 5.41) is 2.55. The highest BCUT2D eigenvalue weighted by atomic mass is 35.5. The lowest BCUT2D eigenvalue weighted by Gasteiger charge is -2.23. The molecule has 9 nitrogen and oxygen atoms in total. The Balaban J connectivity index is 1.68. The average molecular weight is 632 g/mol. The van der Waals surface area contributed by atoms with Crippen molar-refractivity contribution in [2.45, 2.75) is 16.7 Å². The molecular weight excluding hydrogens is 605 g/mol. The second-order valence-electron chi connectivity index (χ2n) is 8.91. The molecule has 1 amide bonds. The quantitative estimate of drug-likeness (QED) is 0.237. The lowest BCUT2D eigenvalue weighted by Crippen LogP contribution is -2.30. The highest BCUT2D eigenvalue weighted by Crippen LogP contribution is 2.32. The largest absolute Gasteiger partial charge is 0.495 e. The molecule has 13 heteroatoms. The summed E-state index contributed by atoms with van der Waals surface area (Å²) in [6, 6.07) is 21.1. The lowest BCUT2D eigenvalue weighted by molar-refractivity contribution is 0.102. The van der Waals surface area contributed by atoms with Crippen LogP contribution in [0.15, 0.2) is 101 Å². The number of para-hydroxylation sites is 1. The standard InChI is InChI=1S/C29H27ClFN3O6S2/c1-4-34(22-8-6-5-7-9-22)42(38,39)24-15-17-28(40-3)27(19-24)32-29(35)25-18-23(14-16-26(25)30)41(36,37)33(2)21-12-10-20(31)11-13-21/h5-19H,4H2,1-3H3,(H,32,35). The molecule has 1 N–H and O–H groups in total. The minimum Gasteiger partial charge on any atom is -0.495 e. The predicted octanol–water partition coefficient (Wildman–Crippen LogP) is 5.78. The van der Waals surface area contributed by atoms with Gasteiger partial charge in [-0.15, -0.1) is 0 Å². The summed E-state index contributed by atoms with van der Waals surface area (Å²) in [4.78, 5) is 13.0. The summed E-state index contributed by atoms with van der Waals surface area (Å²) >= 11 is 6.28. The van der Waals surface area contributed by atoms with E-state index in [-0.39, 0.29) is 44.0 Å². The number of hydrogen-bond acceptors (Lipinski definition) is 6. The van der Waals surface area contributed by atoms with Crippen molar-refractivity contribution in [3.63, 3.8) is 0 Å². The molecule has 4 rings (SSSR count). The van der Waals surface area contributed by atoms with Gasteiger partial charge in [-0.05, 0) is 79.7 Å². The maximum absolute atomic E-state index is 13.5. The van der Waals surface area contributed by atoms with Crippen molar-refractivity contribution >= 4 is 54.6 Å². The van der Waals surface area contributed by atoms with E-state index in [1.165, 1.54) is 60.9 Å². The molecule has 0 aliphatic heterocycles. The van der Waals surface area contributed by atoms with E-state index >= 15 is 0 Å². The number of nitrogens with one attached hydrogen (secondary N) is 1. The maximum atomic E-state index is 13.5. The molecule has 0 aromatic heterocycles. The minimum atomic E-state index is -4.17. The predicted molar refractivity (Wildman–Crippen MR) is 161 cm³/mol. The third-order valence-corrected chi connectivity index (χ3v) is 10.4. The van der Waals surface area contributed by atoms with Gasteiger partial charge >= 0.3 is 0 Å². The van der Waals surface area contributed by atoms with Gasteiger partial charge in [-0.3, -0.25) is 13.4 Å². The molecule has 0 aliphatic rings. The number of anilines is 3. The van der Waals surface area contributed by atoms with Crippen LogP contribution in [0.25, 0.3) is 0 Å². The zero-order chi connectivity index (χ0) is 30.7. The molecule has 0 fully saturated rings. The van der Waals surface area contributed by atoms with Crippen molar-refractivity contribution in [1.82, 2.24) is 0 Å². The van der Waals surface area contributed by atoms with Crippen LogP contribution in [0.5, 0.6) is 5.75 Å². The molecule has 0 saturated heterocycles. The number of amides is 1. The maximum Gasteiger partial charge on any atom is 0.264 e. The average Bonchev–Trinajstić information content (AvgIpc) is 2.98. The fourth-order valence-corrected chi connectivity index (χ4v) is 7.06. The van der Waals surface area contributed by atoms with Gasteiger partial charge < -0.3 is 10.1 Å². The number of methoxy groups -OCH3 is 1. The van der Waals surface area contributed by atoms with Crippen molar-refractivity contribution < 1.29 is 30.8 Å². The Morgan fingerprint density at radius 2 is 1.48 bits per heavy atom. The van der Waals surface area contributed by atoms with Crippen LogP contribution in [0.4, 0.5) is 21.5 Å². The molecule has 4 aromatic carbocycles. The van der Waals surface area contributed by atoms with Crippen molar-refractivity contribution in [3.8, 4) is 5.75 Å². The molecule has 0 spiro atoms. The number of sulfonamides is 2. The number of benzene rings is 4. The van der Waals surface area contributed by atoms with Crippen molar-refractivity contribution in [1.29, 1.82) is 0 Å². The number of carbonyl (C=O) groups is 1. The molecular formula is C29H27ClFN3O6S2. The van der Waals surface area contributed by atoms with E-state index in [1.54, 1.807) is 37.3 Å². The molecule has 0 unspecified atom stereocenters. The second-order valence-corrected chi connectivity index (χ2v) is 13.2. The monoisotopic (exact) mass is 631 g/mol. The topological polar surface area (TPSA) is 113 Å². The number of nitrogens with zero attached hydrogens (tertiary/aromatic N) is 2. The number of carbonyl (C=O) groups excluding carboxylic acids is 1. The number of rotatable bonds is 10. The summed E-state index contributed by atoms with van der Waals surface area (Å²) in [5.74, 6) is -1.16. The van der Waals surface area contributed by atoms with E-state index in [2.05, 4.69) is 5.32 Å². The summed E-state index contributed by atoms with van der Waals surface area (Å²) < 4.78 is 74.5. The van der Waals surface area contributed by atoms with E-state index in [4.69, 9.17) is 16.3 Å². The third-order valence-electron chi connectivity index (χ3n) is 6.37. The minimum absolute atomic E-state index is 0.0282. The van der Waals surface area contributed by atoms with Gasteiger partial charge in [0.05, 0.1) is 44.5 Å². The van der Waals surface area contributed by atoms with Crippen LogP contribution >= 0.6 is 11.6 Å². The highest BCUT2D eigenvalue weighted by molar-refractivity contribution is 7.93. The van der Waals surface area contributed by atoms with Gasteiger partial charge in [-0.1, -0.05) is 29.8 Å². The van der Waals surface area contributed by atoms with Crippen molar-refractivity contribution in [3.05, 3.63) is 107 Å². The van der Waals surface area contributed by atoms with Crippen LogP contribution in [0.3, 0.4) is 0 Å². The van der Waals surface area contributed by atoms with Gasteiger partial charge in [0.2, 0.25) is 0 Å². The Labute approximate surface area is 249 Å². The van der Waals surface area contributed by atoms with Crippen LogP contribution in [0.2, 0.25) is 5.02 Å². The fourth-order valence-electron chi connectivity index (χ4n) is 4.13. The molecule has 0 heterocycles. The van der Waals surface area contributed by atoms with Crippen LogP contribution in [-0.2, 0) is 20.0 Å². The lowest BCUT2D eigenvalue weighted by atomic mass is 10.2. The summed E-state index contributed by atoms with van der Waals surface area (Å²) in [7, 11) is -5.55. The normalized spacial score (nSPS) is 11.5. The Bertz CT molecular complexity index is 1820. The zero-order valence-corrected chi connectivity index (χ0v) is 25.2. The van der Waals surface area contributed by atoms with Crippen LogP contribution in [0, 0.1) is 5.82 Å². The summed E-state index contributed by atoms with van der Waals surface area (Å²) in [6.07, 6.45) is 0. The first-order valence-corrected chi connectivity index (χ1v) is 15.8. The Morgan fingerprint density at radius 3 is 2.10 bits per heavy atom. The molecule has 220 valence electrons. The van der Waals surface area contributed by atoms with E-state index in [0.717, 1.165) is 22.5 Å².